The van der Waals surface area contributed by atoms with E-state index in [0.29, 0.717) is 18.1 Å². The second-order valence-electron chi connectivity index (χ2n) is 4.62. The van der Waals surface area contributed by atoms with Crippen molar-refractivity contribution in [2.24, 2.45) is 4.99 Å². The quantitative estimate of drug-likeness (QED) is 0.772. The highest BCUT2D eigenvalue weighted by Crippen LogP contribution is 2.37. The van der Waals surface area contributed by atoms with Gasteiger partial charge in [0.05, 0.1) is 17.5 Å². The van der Waals surface area contributed by atoms with Crippen molar-refractivity contribution in [3.63, 3.8) is 0 Å². The Morgan fingerprint density at radius 2 is 2.17 bits per heavy atom. The van der Waals surface area contributed by atoms with Crippen LogP contribution in [0, 0.1) is 0 Å². The first-order valence-corrected chi connectivity index (χ1v) is 8.92. The minimum absolute atomic E-state index is 0.00169. The Hall–Kier alpha value is -0.560. The van der Waals surface area contributed by atoms with Gasteiger partial charge in [-0.2, -0.15) is 4.99 Å². The number of fused-ring (bicyclic) bond motifs is 1. The van der Waals surface area contributed by atoms with Gasteiger partial charge >= 0.3 is 0 Å². The SMILES string of the molecule is CCCC(=O)N=C1S[C@H]2CS(=O)(=O)C[C@H]2N1CC. The summed E-state index contributed by atoms with van der Waals surface area (Å²) < 4.78 is 23.2. The lowest BCUT2D eigenvalue weighted by Gasteiger charge is -2.22. The number of amides is 1. The van der Waals surface area contributed by atoms with Crippen LogP contribution >= 0.6 is 11.8 Å². The summed E-state index contributed by atoms with van der Waals surface area (Å²) in [5, 5.41) is 0.754. The Bertz CT molecular complexity index is 473. The molecule has 0 aliphatic carbocycles. The molecule has 1 amide bonds. The van der Waals surface area contributed by atoms with E-state index in [2.05, 4.69) is 4.99 Å². The lowest BCUT2D eigenvalue weighted by atomic mass is 10.2. The third-order valence-electron chi connectivity index (χ3n) is 3.20. The summed E-state index contributed by atoms with van der Waals surface area (Å²) in [5.74, 6) is 0.292. The van der Waals surface area contributed by atoms with E-state index in [0.717, 1.165) is 6.42 Å². The molecule has 2 heterocycles. The normalized spacial score (nSPS) is 31.9. The fourth-order valence-electron chi connectivity index (χ4n) is 2.38. The van der Waals surface area contributed by atoms with Crippen LogP contribution in [0.25, 0.3) is 0 Å². The van der Waals surface area contributed by atoms with Crippen molar-refractivity contribution in [1.29, 1.82) is 0 Å². The Balaban J connectivity index is 2.16. The van der Waals surface area contributed by atoms with Crippen LogP contribution in [0.15, 0.2) is 4.99 Å². The molecule has 0 unspecified atom stereocenters. The maximum Gasteiger partial charge on any atom is 0.248 e. The predicted molar refractivity (Wildman–Crippen MR) is 73.6 cm³/mol. The van der Waals surface area contributed by atoms with E-state index in [1.807, 2.05) is 18.7 Å². The molecule has 2 rings (SSSR count). The molecular weight excluding hydrogens is 272 g/mol. The molecule has 2 fully saturated rings. The summed E-state index contributed by atoms with van der Waals surface area (Å²) >= 11 is 1.45. The second kappa shape index (κ2) is 5.21. The largest absolute Gasteiger partial charge is 0.346 e. The van der Waals surface area contributed by atoms with Gasteiger partial charge in [-0.3, -0.25) is 4.79 Å². The Labute approximate surface area is 112 Å². The third-order valence-corrected chi connectivity index (χ3v) is 6.45. The fraction of sp³-hybridized carbons (Fsp3) is 0.818. The van der Waals surface area contributed by atoms with Crippen molar-refractivity contribution in [3.05, 3.63) is 0 Å². The number of carbonyl (C=O) groups is 1. The van der Waals surface area contributed by atoms with E-state index < -0.39 is 9.84 Å². The summed E-state index contributed by atoms with van der Waals surface area (Å²) in [6, 6.07) is -0.00169. The molecule has 0 bridgehead atoms. The number of thioether (sulfide) groups is 1. The first kappa shape index (κ1) is 13.9. The molecule has 18 heavy (non-hydrogen) atoms. The third kappa shape index (κ3) is 2.71. The van der Waals surface area contributed by atoms with Crippen LogP contribution in [0.5, 0.6) is 0 Å². The van der Waals surface area contributed by atoms with Gasteiger partial charge in [0.2, 0.25) is 5.91 Å². The molecule has 0 aromatic heterocycles. The van der Waals surface area contributed by atoms with Crippen LogP contribution in [-0.2, 0) is 14.6 Å². The van der Waals surface area contributed by atoms with E-state index >= 15 is 0 Å². The number of sulfone groups is 1. The number of aliphatic imine (C=N–C) groups is 1. The van der Waals surface area contributed by atoms with Gasteiger partial charge in [-0.05, 0) is 13.3 Å². The zero-order valence-corrected chi connectivity index (χ0v) is 12.3. The topological polar surface area (TPSA) is 66.8 Å². The lowest BCUT2D eigenvalue weighted by Crippen LogP contribution is -2.37. The molecule has 102 valence electrons. The molecule has 0 N–H and O–H groups in total. The lowest BCUT2D eigenvalue weighted by molar-refractivity contribution is -0.117. The molecule has 2 atom stereocenters. The van der Waals surface area contributed by atoms with Crippen LogP contribution < -0.4 is 0 Å². The van der Waals surface area contributed by atoms with Crippen molar-refractivity contribution in [2.75, 3.05) is 18.1 Å². The van der Waals surface area contributed by atoms with Gasteiger partial charge in [0, 0.05) is 18.2 Å². The van der Waals surface area contributed by atoms with Gasteiger partial charge in [-0.1, -0.05) is 18.7 Å². The average molecular weight is 290 g/mol. The van der Waals surface area contributed by atoms with Gasteiger partial charge < -0.3 is 4.90 Å². The van der Waals surface area contributed by atoms with Crippen molar-refractivity contribution >= 4 is 32.7 Å². The van der Waals surface area contributed by atoms with Crippen LogP contribution in [0.3, 0.4) is 0 Å². The molecule has 2 saturated heterocycles. The number of hydrogen-bond donors (Lipinski definition) is 0. The second-order valence-corrected chi connectivity index (χ2v) is 7.98. The Morgan fingerprint density at radius 1 is 1.44 bits per heavy atom. The smallest absolute Gasteiger partial charge is 0.248 e. The van der Waals surface area contributed by atoms with E-state index in [1.54, 1.807) is 0 Å². The predicted octanol–water partition coefficient (Wildman–Crippen LogP) is 0.903. The van der Waals surface area contributed by atoms with Crippen molar-refractivity contribution in [3.8, 4) is 0 Å². The minimum Gasteiger partial charge on any atom is -0.346 e. The molecular formula is C11H18N2O3S2. The molecule has 0 aromatic carbocycles. The molecule has 2 aliphatic heterocycles. The van der Waals surface area contributed by atoms with Crippen molar-refractivity contribution in [1.82, 2.24) is 4.90 Å². The highest BCUT2D eigenvalue weighted by atomic mass is 32.2. The summed E-state index contributed by atoms with van der Waals surface area (Å²) in [7, 11) is -2.91. The maximum atomic E-state index is 11.6. The summed E-state index contributed by atoms with van der Waals surface area (Å²) in [4.78, 5) is 17.6. The molecule has 0 saturated carbocycles. The maximum absolute atomic E-state index is 11.6. The number of rotatable bonds is 3. The van der Waals surface area contributed by atoms with Crippen molar-refractivity contribution in [2.45, 2.75) is 38.0 Å². The zero-order valence-electron chi connectivity index (χ0n) is 10.6. The monoisotopic (exact) mass is 290 g/mol. The summed E-state index contributed by atoms with van der Waals surface area (Å²) in [6.45, 7) is 4.61. The number of amidine groups is 1. The molecule has 0 radical (unpaired) electrons. The van der Waals surface area contributed by atoms with E-state index in [1.165, 1.54) is 11.8 Å². The number of hydrogen-bond acceptors (Lipinski definition) is 4. The van der Waals surface area contributed by atoms with Gasteiger partial charge in [0.15, 0.2) is 15.0 Å². The zero-order chi connectivity index (χ0) is 13.3. The summed E-state index contributed by atoms with van der Waals surface area (Å²) in [6.07, 6.45) is 1.24. The summed E-state index contributed by atoms with van der Waals surface area (Å²) in [5.41, 5.74) is 0. The molecule has 7 heteroatoms. The highest BCUT2D eigenvalue weighted by molar-refractivity contribution is 8.15. The standard InChI is InChI=1S/C11H18N2O3S2/c1-3-5-10(14)12-11-13(4-2)8-6-18(15,16)7-9(8)17-11/h8-9H,3-7H2,1-2H3/t8-,9+/m1/s1. The first-order valence-electron chi connectivity index (χ1n) is 6.22. The Morgan fingerprint density at radius 3 is 2.78 bits per heavy atom. The van der Waals surface area contributed by atoms with Gasteiger partial charge in [-0.15, -0.1) is 0 Å². The molecule has 5 nitrogen and oxygen atoms in total. The van der Waals surface area contributed by atoms with E-state index in [-0.39, 0.29) is 28.7 Å². The van der Waals surface area contributed by atoms with Crippen LogP contribution in [0.2, 0.25) is 0 Å². The fourth-order valence-corrected chi connectivity index (χ4v) is 6.41. The average Bonchev–Trinajstić information content (AvgIpc) is 2.69. The number of nitrogens with zero attached hydrogens (tertiary/aromatic N) is 2. The van der Waals surface area contributed by atoms with Crippen LogP contribution in [-0.4, -0.2) is 53.7 Å². The molecule has 0 aromatic rings. The van der Waals surface area contributed by atoms with Crippen LogP contribution in [0.1, 0.15) is 26.7 Å². The molecule has 0 spiro atoms. The van der Waals surface area contributed by atoms with Gasteiger partial charge in [-0.25, -0.2) is 8.42 Å². The minimum atomic E-state index is -2.91. The van der Waals surface area contributed by atoms with Gasteiger partial charge in [0.1, 0.15) is 0 Å². The Kier molecular flexibility index (Phi) is 4.01. The highest BCUT2D eigenvalue weighted by Gasteiger charge is 2.48. The van der Waals surface area contributed by atoms with Gasteiger partial charge in [0.25, 0.3) is 0 Å². The molecule has 2 aliphatic rings. The first-order chi connectivity index (χ1) is 8.46. The number of carbonyl (C=O) groups excluding carboxylic acids is 1. The van der Waals surface area contributed by atoms with E-state index in [9.17, 15) is 13.2 Å². The van der Waals surface area contributed by atoms with E-state index in [4.69, 9.17) is 0 Å². The van der Waals surface area contributed by atoms with Crippen LogP contribution in [0.4, 0.5) is 0 Å². The van der Waals surface area contributed by atoms with Crippen molar-refractivity contribution < 1.29 is 13.2 Å².